The number of hydrogen-bond acceptors (Lipinski definition) is 2. The van der Waals surface area contributed by atoms with Gasteiger partial charge in [0.2, 0.25) is 10.5 Å². The molecule has 0 rings (SSSR count). The zero-order valence-electron chi connectivity index (χ0n) is 4.47. The van der Waals surface area contributed by atoms with Gasteiger partial charge in [-0.25, -0.2) is 0 Å². The van der Waals surface area contributed by atoms with Crippen LogP contribution in [0.3, 0.4) is 0 Å². The van der Waals surface area contributed by atoms with Gasteiger partial charge in [0.05, 0.1) is 0 Å². The molecular formula is C3H11O3Si. The average molecular weight is 123 g/mol. The highest BCUT2D eigenvalue weighted by molar-refractivity contribution is 5.95. The summed E-state index contributed by atoms with van der Waals surface area (Å²) in [6, 6.07) is 0. The Labute approximate surface area is 46.8 Å². The first kappa shape index (κ1) is 15.7. The summed E-state index contributed by atoms with van der Waals surface area (Å²) < 4.78 is 0. The molecule has 0 aromatic heterocycles. The second-order valence-corrected chi connectivity index (χ2v) is 1.09. The van der Waals surface area contributed by atoms with Crippen LogP contribution in [0.2, 0.25) is 0 Å². The van der Waals surface area contributed by atoms with Crippen LogP contribution in [0.15, 0.2) is 0 Å². The molecule has 0 unspecified atom stereocenters. The summed E-state index contributed by atoms with van der Waals surface area (Å²) in [7, 11) is 1.97. The molecule has 0 amide bonds. The molecule has 0 bridgehead atoms. The van der Waals surface area contributed by atoms with Gasteiger partial charge < -0.3 is 15.4 Å². The van der Waals surface area contributed by atoms with E-state index < -0.39 is 0 Å². The van der Waals surface area contributed by atoms with Crippen molar-refractivity contribution in [2.24, 2.45) is 0 Å². The van der Waals surface area contributed by atoms with E-state index in [9.17, 15) is 0 Å². The minimum absolute atomic E-state index is 0. The number of rotatable bonds is 0. The van der Waals surface area contributed by atoms with Gasteiger partial charge in [0.1, 0.15) is 0 Å². The molecule has 4 heteroatoms. The Morgan fingerprint density at radius 2 is 1.29 bits per heavy atom. The van der Waals surface area contributed by atoms with Crippen molar-refractivity contribution in [1.82, 2.24) is 0 Å². The van der Waals surface area contributed by atoms with E-state index in [1.165, 1.54) is 0 Å². The Kier molecular flexibility index (Phi) is 37.1. The van der Waals surface area contributed by atoms with Gasteiger partial charge >= 0.3 is 0 Å². The molecule has 0 aliphatic rings. The van der Waals surface area contributed by atoms with Crippen LogP contribution in [0.4, 0.5) is 0 Å². The Hall–Kier alpha value is 0.0969. The molecule has 0 heterocycles. The third kappa shape index (κ3) is 10900. The van der Waals surface area contributed by atoms with Crippen LogP contribution < -0.4 is 0 Å². The second kappa shape index (κ2) is 16.5. The van der Waals surface area contributed by atoms with Crippen molar-refractivity contribution in [3.05, 3.63) is 0 Å². The fraction of sp³-hybridized carbons (Fsp3) is 1.00. The van der Waals surface area contributed by atoms with Crippen molar-refractivity contribution < 1.29 is 15.4 Å². The molecule has 0 fully saturated rings. The van der Waals surface area contributed by atoms with Crippen molar-refractivity contribution in [2.75, 3.05) is 0 Å². The standard InChI is InChI=1S/C3H8O.HOSi.H2O/c1-3(2)4;1-2;/h3-4H,1-2H3;1H;1H2. The first-order valence-corrected chi connectivity index (χ1v) is 2.08. The zero-order chi connectivity index (χ0) is 5.58. The summed E-state index contributed by atoms with van der Waals surface area (Å²) in [5.41, 5.74) is 0. The van der Waals surface area contributed by atoms with E-state index in [2.05, 4.69) is 0 Å². The topological polar surface area (TPSA) is 72.0 Å². The summed E-state index contributed by atoms with van der Waals surface area (Å²) in [6.45, 7) is 3.44. The first-order chi connectivity index (χ1) is 2.73. The van der Waals surface area contributed by atoms with Crippen LogP contribution in [0.1, 0.15) is 13.8 Å². The highest BCUT2D eigenvalue weighted by Gasteiger charge is 1.69. The lowest BCUT2D eigenvalue weighted by atomic mass is 10.5. The third-order valence-corrected chi connectivity index (χ3v) is 0. The maximum atomic E-state index is 8.06. The summed E-state index contributed by atoms with van der Waals surface area (Å²) >= 11 is 0. The summed E-state index contributed by atoms with van der Waals surface area (Å²) in [5.74, 6) is 0. The van der Waals surface area contributed by atoms with E-state index in [0.717, 1.165) is 0 Å². The molecule has 45 valence electrons. The van der Waals surface area contributed by atoms with E-state index in [-0.39, 0.29) is 11.6 Å². The van der Waals surface area contributed by atoms with Gasteiger partial charge in [0.25, 0.3) is 0 Å². The molecule has 0 aromatic rings. The normalized spacial score (nSPS) is 6.00. The Morgan fingerprint density at radius 3 is 1.29 bits per heavy atom. The van der Waals surface area contributed by atoms with E-state index >= 15 is 0 Å². The molecule has 0 aromatic carbocycles. The zero-order valence-corrected chi connectivity index (χ0v) is 5.47. The van der Waals surface area contributed by atoms with Crippen molar-refractivity contribution in [3.63, 3.8) is 0 Å². The van der Waals surface area contributed by atoms with Gasteiger partial charge in [-0.3, -0.25) is 0 Å². The molecule has 0 aliphatic carbocycles. The van der Waals surface area contributed by atoms with Crippen LogP contribution >= 0.6 is 0 Å². The van der Waals surface area contributed by atoms with Crippen molar-refractivity contribution in [2.45, 2.75) is 20.0 Å². The Balaban J connectivity index is -0.0000000480. The lowest BCUT2D eigenvalue weighted by Crippen LogP contribution is -1.85. The molecule has 0 atom stereocenters. The SMILES string of the molecule is CC(C)O.O.O[Si]. The Bertz CT molecular complexity index is 14.9. The molecule has 4 N–H and O–H groups in total. The van der Waals surface area contributed by atoms with Gasteiger partial charge in [0.15, 0.2) is 0 Å². The molecular weight excluding hydrogens is 112 g/mol. The minimum atomic E-state index is -0.167. The quantitative estimate of drug-likeness (QED) is 0.390. The molecule has 0 aliphatic heterocycles. The monoisotopic (exact) mass is 123 g/mol. The molecule has 0 saturated carbocycles. The molecule has 3 nitrogen and oxygen atoms in total. The maximum Gasteiger partial charge on any atom is 0.240 e. The summed E-state index contributed by atoms with van der Waals surface area (Å²) in [5, 5.41) is 8.06. The summed E-state index contributed by atoms with van der Waals surface area (Å²) in [6.07, 6.45) is -0.167. The van der Waals surface area contributed by atoms with Gasteiger partial charge in [0, 0.05) is 6.10 Å². The fourth-order valence-electron chi connectivity index (χ4n) is 0. The van der Waals surface area contributed by atoms with Crippen LogP contribution in [0.5, 0.6) is 0 Å². The van der Waals surface area contributed by atoms with Gasteiger partial charge in [-0.1, -0.05) is 0 Å². The lowest BCUT2D eigenvalue weighted by Gasteiger charge is -1.80. The minimum Gasteiger partial charge on any atom is -0.433 e. The van der Waals surface area contributed by atoms with Crippen LogP contribution in [0.25, 0.3) is 0 Å². The highest BCUT2D eigenvalue weighted by atomic mass is 28.2. The first-order valence-electron chi connectivity index (χ1n) is 1.64. The fourth-order valence-corrected chi connectivity index (χ4v) is 0. The van der Waals surface area contributed by atoms with Crippen molar-refractivity contribution in [1.29, 1.82) is 0 Å². The largest absolute Gasteiger partial charge is 0.433 e. The number of aliphatic hydroxyl groups is 1. The molecule has 0 spiro atoms. The van der Waals surface area contributed by atoms with Gasteiger partial charge in [-0.2, -0.15) is 0 Å². The predicted octanol–water partition coefficient (Wildman–Crippen LogP) is -1.38. The Morgan fingerprint density at radius 1 is 1.29 bits per heavy atom. The van der Waals surface area contributed by atoms with E-state index in [0.29, 0.717) is 0 Å². The van der Waals surface area contributed by atoms with Gasteiger partial charge in [-0.05, 0) is 13.8 Å². The maximum absolute atomic E-state index is 8.06. The van der Waals surface area contributed by atoms with Crippen molar-refractivity contribution in [3.8, 4) is 0 Å². The number of aliphatic hydroxyl groups excluding tert-OH is 1. The van der Waals surface area contributed by atoms with E-state index in [1.807, 2.05) is 10.5 Å². The summed E-state index contributed by atoms with van der Waals surface area (Å²) in [4.78, 5) is 6.81. The van der Waals surface area contributed by atoms with Crippen LogP contribution in [-0.2, 0) is 0 Å². The predicted molar refractivity (Wildman–Crippen MR) is 28.9 cm³/mol. The van der Waals surface area contributed by atoms with E-state index in [1.54, 1.807) is 13.8 Å². The average Bonchev–Trinajstić information content (AvgIpc) is 1.41. The van der Waals surface area contributed by atoms with Crippen molar-refractivity contribution >= 4 is 10.5 Å². The molecule has 0 saturated heterocycles. The van der Waals surface area contributed by atoms with Gasteiger partial charge in [-0.15, -0.1) is 0 Å². The smallest absolute Gasteiger partial charge is 0.240 e. The lowest BCUT2D eigenvalue weighted by molar-refractivity contribution is 0.216. The highest BCUT2D eigenvalue weighted by Crippen LogP contribution is 1.65. The molecule has 7 heavy (non-hydrogen) atoms. The van der Waals surface area contributed by atoms with Crippen LogP contribution in [-0.4, -0.2) is 32.0 Å². The molecule has 3 radical (unpaired) electrons. The third-order valence-electron chi connectivity index (χ3n) is 0. The number of hydrogen-bond donors (Lipinski definition) is 2. The van der Waals surface area contributed by atoms with Crippen LogP contribution in [0, 0.1) is 0 Å². The van der Waals surface area contributed by atoms with E-state index in [4.69, 9.17) is 9.90 Å². The second-order valence-electron chi connectivity index (χ2n) is 1.09.